The molecule has 1 heteroatoms. The Kier molecular flexibility index (Phi) is 5.15. The molecule has 1 aliphatic carbocycles. The van der Waals surface area contributed by atoms with Gasteiger partial charge in [0.25, 0.3) is 0 Å². The van der Waals surface area contributed by atoms with Gasteiger partial charge in [0.15, 0.2) is 0 Å². The minimum absolute atomic E-state index is 0.432. The fourth-order valence-electron chi connectivity index (χ4n) is 7.49. The Morgan fingerprint density at radius 2 is 0.929 bits per heavy atom. The first-order valence-corrected chi connectivity index (χ1v) is 15.3. The molecule has 0 atom stereocenters. The zero-order valence-corrected chi connectivity index (χ0v) is 23.7. The van der Waals surface area contributed by atoms with Crippen LogP contribution < -0.4 is 0 Å². The summed E-state index contributed by atoms with van der Waals surface area (Å²) in [6.07, 6.45) is 0. The number of hydrogen-bond acceptors (Lipinski definition) is 1. The molecule has 0 radical (unpaired) electrons. The van der Waals surface area contributed by atoms with Crippen molar-refractivity contribution in [3.05, 3.63) is 180 Å². The van der Waals surface area contributed by atoms with E-state index in [4.69, 9.17) is 0 Å². The Morgan fingerprint density at radius 1 is 0.381 bits per heavy atom. The summed E-state index contributed by atoms with van der Waals surface area (Å²) in [5, 5.41) is 2.65. The topological polar surface area (TPSA) is 0 Å². The van der Waals surface area contributed by atoms with Gasteiger partial charge in [-0.3, -0.25) is 0 Å². The molecule has 196 valence electrons. The normalized spacial score (nSPS) is 13.8. The van der Waals surface area contributed by atoms with E-state index in [1.807, 2.05) is 11.8 Å². The highest BCUT2D eigenvalue weighted by atomic mass is 32.2. The molecule has 0 unspecified atom stereocenters. The fourth-order valence-corrected chi connectivity index (χ4v) is 8.67. The van der Waals surface area contributed by atoms with Gasteiger partial charge in [-0.25, -0.2) is 0 Å². The summed E-state index contributed by atoms with van der Waals surface area (Å²) >= 11 is 1.89. The van der Waals surface area contributed by atoms with Crippen molar-refractivity contribution in [1.29, 1.82) is 0 Å². The molecule has 9 rings (SSSR count). The van der Waals surface area contributed by atoms with Crippen LogP contribution in [0.2, 0.25) is 0 Å². The van der Waals surface area contributed by atoms with E-state index in [1.54, 1.807) is 0 Å². The molecule has 0 saturated carbocycles. The molecule has 0 N–H and O–H groups in total. The average molecular weight is 551 g/mol. The lowest BCUT2D eigenvalue weighted by Gasteiger charge is -2.35. The Hall–Kier alpha value is -4.85. The van der Waals surface area contributed by atoms with E-state index in [-0.39, 0.29) is 0 Å². The van der Waals surface area contributed by atoms with Crippen molar-refractivity contribution >= 4 is 22.5 Å². The van der Waals surface area contributed by atoms with Gasteiger partial charge in [-0.1, -0.05) is 151 Å². The van der Waals surface area contributed by atoms with Crippen LogP contribution in [0.4, 0.5) is 0 Å². The van der Waals surface area contributed by atoms with Crippen LogP contribution in [0, 0.1) is 0 Å². The molecule has 0 amide bonds. The second kappa shape index (κ2) is 9.08. The maximum absolute atomic E-state index is 2.43. The van der Waals surface area contributed by atoms with Gasteiger partial charge in [-0.15, -0.1) is 0 Å². The van der Waals surface area contributed by atoms with Gasteiger partial charge < -0.3 is 0 Å². The molecular weight excluding hydrogens is 525 g/mol. The molecule has 1 aliphatic heterocycles. The maximum Gasteiger partial charge on any atom is 0.0719 e. The predicted octanol–water partition coefficient (Wildman–Crippen LogP) is 11.0. The molecule has 7 aromatic rings. The minimum Gasteiger partial charge on any atom is -0.0888 e. The summed E-state index contributed by atoms with van der Waals surface area (Å²) < 4.78 is 0. The van der Waals surface area contributed by atoms with E-state index in [1.165, 1.54) is 76.2 Å². The maximum atomic E-state index is 2.43. The van der Waals surface area contributed by atoms with Crippen molar-refractivity contribution in [2.45, 2.75) is 15.2 Å². The number of rotatable bonds is 3. The molecular formula is C41H26S. The van der Waals surface area contributed by atoms with Crippen molar-refractivity contribution in [3.8, 4) is 33.4 Å². The number of benzene rings is 7. The van der Waals surface area contributed by atoms with E-state index in [9.17, 15) is 0 Å². The van der Waals surface area contributed by atoms with Gasteiger partial charge in [0.2, 0.25) is 0 Å². The summed E-state index contributed by atoms with van der Waals surface area (Å²) in [4.78, 5) is 2.65. The zero-order chi connectivity index (χ0) is 27.7. The smallest absolute Gasteiger partial charge is 0.0719 e. The summed E-state index contributed by atoms with van der Waals surface area (Å²) in [6.45, 7) is 0. The third-order valence-corrected chi connectivity index (χ3v) is 10.3. The Bertz CT molecular complexity index is 2130. The highest BCUT2D eigenvalue weighted by Gasteiger charge is 2.46. The molecule has 2 aliphatic rings. The molecule has 0 saturated heterocycles. The molecule has 0 aromatic heterocycles. The molecule has 42 heavy (non-hydrogen) atoms. The highest BCUT2D eigenvalue weighted by Crippen LogP contribution is 2.58. The van der Waals surface area contributed by atoms with Gasteiger partial charge in [0.05, 0.1) is 5.41 Å². The lowest BCUT2D eigenvalue weighted by molar-refractivity contribution is 0.770. The van der Waals surface area contributed by atoms with E-state index in [0.29, 0.717) is 0 Å². The Balaban J connectivity index is 1.37. The molecule has 1 heterocycles. The van der Waals surface area contributed by atoms with Gasteiger partial charge in [-0.05, 0) is 79.2 Å². The quantitative estimate of drug-likeness (QED) is 0.211. The standard InChI is InChI=1S/C41H26S/c1-2-14-29(15-3-1)41(36-22-9-5-17-31(36)32-18-6-10-23-37(32)41)35-21-8-4-16-30(35)28-25-27-13-12-20-34-33-19-7-11-24-38(33)42-39(26-28)40(27)34/h1-26H. The molecule has 7 aromatic carbocycles. The van der Waals surface area contributed by atoms with Crippen molar-refractivity contribution in [2.24, 2.45) is 0 Å². The third kappa shape index (κ3) is 3.20. The predicted molar refractivity (Wildman–Crippen MR) is 176 cm³/mol. The van der Waals surface area contributed by atoms with E-state index in [0.717, 1.165) is 0 Å². The van der Waals surface area contributed by atoms with E-state index >= 15 is 0 Å². The van der Waals surface area contributed by atoms with Crippen LogP contribution in [-0.2, 0) is 5.41 Å². The van der Waals surface area contributed by atoms with Crippen LogP contribution >= 0.6 is 11.8 Å². The van der Waals surface area contributed by atoms with Crippen LogP contribution in [0.5, 0.6) is 0 Å². The van der Waals surface area contributed by atoms with Crippen LogP contribution in [0.3, 0.4) is 0 Å². The van der Waals surface area contributed by atoms with Gasteiger partial charge >= 0.3 is 0 Å². The largest absolute Gasteiger partial charge is 0.0888 e. The lowest BCUT2D eigenvalue weighted by Crippen LogP contribution is -2.29. The monoisotopic (exact) mass is 550 g/mol. The summed E-state index contributed by atoms with van der Waals surface area (Å²) in [6, 6.07) is 58.5. The van der Waals surface area contributed by atoms with Crippen molar-refractivity contribution in [1.82, 2.24) is 0 Å². The van der Waals surface area contributed by atoms with E-state index in [2.05, 4.69) is 158 Å². The second-order valence-corrected chi connectivity index (χ2v) is 12.3. The first-order valence-electron chi connectivity index (χ1n) is 14.5. The minimum atomic E-state index is -0.432. The molecule has 0 spiro atoms. The Morgan fingerprint density at radius 3 is 1.64 bits per heavy atom. The Labute approximate surface area is 250 Å². The van der Waals surface area contributed by atoms with Crippen molar-refractivity contribution < 1.29 is 0 Å². The van der Waals surface area contributed by atoms with Gasteiger partial charge in [0.1, 0.15) is 0 Å². The first kappa shape index (κ1) is 23.8. The van der Waals surface area contributed by atoms with Gasteiger partial charge in [-0.2, -0.15) is 0 Å². The number of fused-ring (bicyclic) bond motifs is 5. The summed E-state index contributed by atoms with van der Waals surface area (Å²) in [5.41, 5.74) is 12.7. The van der Waals surface area contributed by atoms with Crippen LogP contribution in [0.25, 0.3) is 44.2 Å². The summed E-state index contributed by atoms with van der Waals surface area (Å²) in [7, 11) is 0. The van der Waals surface area contributed by atoms with Crippen LogP contribution in [0.15, 0.2) is 168 Å². The lowest BCUT2D eigenvalue weighted by atomic mass is 9.66. The summed E-state index contributed by atoms with van der Waals surface area (Å²) in [5.74, 6) is 0. The molecule has 0 nitrogen and oxygen atoms in total. The van der Waals surface area contributed by atoms with Crippen molar-refractivity contribution in [3.63, 3.8) is 0 Å². The third-order valence-electron chi connectivity index (χ3n) is 9.14. The van der Waals surface area contributed by atoms with Crippen LogP contribution in [-0.4, -0.2) is 0 Å². The molecule has 0 fully saturated rings. The van der Waals surface area contributed by atoms with Crippen LogP contribution in [0.1, 0.15) is 22.3 Å². The average Bonchev–Trinajstić information content (AvgIpc) is 3.36. The highest BCUT2D eigenvalue weighted by molar-refractivity contribution is 7.99. The molecule has 0 bridgehead atoms. The SMILES string of the molecule is c1ccc(C2(c3ccccc3-c3cc4c5c(cccc5c3)-c3ccccc3S4)c3ccccc3-c3ccccc32)cc1. The van der Waals surface area contributed by atoms with Crippen molar-refractivity contribution in [2.75, 3.05) is 0 Å². The zero-order valence-electron chi connectivity index (χ0n) is 22.9. The first-order chi connectivity index (χ1) is 20.8. The van der Waals surface area contributed by atoms with E-state index < -0.39 is 5.41 Å². The second-order valence-electron chi connectivity index (χ2n) is 11.2. The fraction of sp³-hybridized carbons (Fsp3) is 0.0244. The number of hydrogen-bond donors (Lipinski definition) is 0. The van der Waals surface area contributed by atoms with Gasteiger partial charge in [0, 0.05) is 15.2 Å².